The summed E-state index contributed by atoms with van der Waals surface area (Å²) in [5.74, 6) is 0.868. The Balaban J connectivity index is 2.34. The van der Waals surface area contributed by atoms with Crippen molar-refractivity contribution in [3.8, 4) is 5.75 Å². The highest BCUT2D eigenvalue weighted by Crippen LogP contribution is 2.17. The number of hydrogen-bond acceptors (Lipinski definition) is 4. The van der Waals surface area contributed by atoms with E-state index < -0.39 is 6.10 Å². The van der Waals surface area contributed by atoms with Gasteiger partial charge in [0.25, 0.3) is 0 Å². The molecule has 0 amide bonds. The highest BCUT2D eigenvalue weighted by Gasteiger charge is 2.04. The van der Waals surface area contributed by atoms with Crippen molar-refractivity contribution in [1.82, 2.24) is 5.32 Å². The smallest absolute Gasteiger partial charge is 0.124 e. The molecule has 0 aliphatic heterocycles. The van der Waals surface area contributed by atoms with Crippen molar-refractivity contribution < 1.29 is 14.6 Å². The van der Waals surface area contributed by atoms with Crippen LogP contribution in [0.3, 0.4) is 0 Å². The Morgan fingerprint density at radius 3 is 2.95 bits per heavy atom. The molecule has 19 heavy (non-hydrogen) atoms. The molecule has 1 atom stereocenters. The summed E-state index contributed by atoms with van der Waals surface area (Å²) in [6.07, 6.45) is 1.99. The molecule has 0 aliphatic rings. The zero-order valence-electron chi connectivity index (χ0n) is 11.5. The maximum absolute atomic E-state index is 9.52. The maximum atomic E-state index is 9.52. The van der Waals surface area contributed by atoms with Crippen molar-refractivity contribution in [2.45, 2.75) is 19.1 Å². The Bertz CT molecular complexity index is 368. The summed E-state index contributed by atoms with van der Waals surface area (Å²) in [5.41, 5.74) is 1.10. The minimum absolute atomic E-state index is 0.376. The van der Waals surface area contributed by atoms with Gasteiger partial charge in [0.2, 0.25) is 0 Å². The van der Waals surface area contributed by atoms with Gasteiger partial charge in [-0.3, -0.25) is 0 Å². The SMILES string of the molecule is C=CCOc1ccccc1CNCCC(O)COC. The van der Waals surface area contributed by atoms with Crippen molar-refractivity contribution in [1.29, 1.82) is 0 Å². The van der Waals surface area contributed by atoms with Crippen LogP contribution in [0.1, 0.15) is 12.0 Å². The van der Waals surface area contributed by atoms with Crippen molar-refractivity contribution >= 4 is 0 Å². The largest absolute Gasteiger partial charge is 0.489 e. The van der Waals surface area contributed by atoms with Gasteiger partial charge in [-0.05, 0) is 19.0 Å². The summed E-state index contributed by atoms with van der Waals surface area (Å²) >= 11 is 0. The van der Waals surface area contributed by atoms with E-state index in [1.54, 1.807) is 13.2 Å². The van der Waals surface area contributed by atoms with Crippen molar-refractivity contribution in [3.05, 3.63) is 42.5 Å². The van der Waals surface area contributed by atoms with Crippen molar-refractivity contribution in [2.75, 3.05) is 26.9 Å². The third-order valence-corrected chi connectivity index (χ3v) is 2.66. The fourth-order valence-corrected chi connectivity index (χ4v) is 1.71. The lowest BCUT2D eigenvalue weighted by Gasteiger charge is -2.12. The van der Waals surface area contributed by atoms with Crippen LogP contribution in [-0.2, 0) is 11.3 Å². The number of aliphatic hydroxyl groups is 1. The topological polar surface area (TPSA) is 50.7 Å². The van der Waals surface area contributed by atoms with Gasteiger partial charge in [0.1, 0.15) is 12.4 Å². The van der Waals surface area contributed by atoms with Crippen LogP contribution in [0.2, 0.25) is 0 Å². The van der Waals surface area contributed by atoms with Gasteiger partial charge in [-0.2, -0.15) is 0 Å². The molecule has 4 nitrogen and oxygen atoms in total. The highest BCUT2D eigenvalue weighted by atomic mass is 16.5. The third kappa shape index (κ3) is 6.38. The number of aliphatic hydroxyl groups excluding tert-OH is 1. The molecule has 2 N–H and O–H groups in total. The Labute approximate surface area is 115 Å². The van der Waals surface area contributed by atoms with E-state index in [9.17, 15) is 5.11 Å². The van der Waals surface area contributed by atoms with E-state index in [1.807, 2.05) is 24.3 Å². The zero-order valence-corrected chi connectivity index (χ0v) is 11.5. The molecule has 1 aromatic rings. The van der Waals surface area contributed by atoms with Crippen LogP contribution in [-0.4, -0.2) is 38.1 Å². The van der Waals surface area contributed by atoms with Crippen LogP contribution < -0.4 is 10.1 Å². The van der Waals surface area contributed by atoms with Gasteiger partial charge in [-0.15, -0.1) is 0 Å². The van der Waals surface area contributed by atoms with E-state index in [-0.39, 0.29) is 0 Å². The number of methoxy groups -OCH3 is 1. The third-order valence-electron chi connectivity index (χ3n) is 2.66. The number of nitrogens with one attached hydrogen (secondary N) is 1. The predicted octanol–water partition coefficient (Wildman–Crippen LogP) is 1.74. The monoisotopic (exact) mass is 265 g/mol. The zero-order chi connectivity index (χ0) is 13.9. The molecule has 0 saturated heterocycles. The molecule has 106 valence electrons. The fraction of sp³-hybridized carbons (Fsp3) is 0.467. The molecule has 0 heterocycles. The molecular formula is C15H23NO3. The van der Waals surface area contributed by atoms with Gasteiger partial charge < -0.3 is 19.9 Å². The van der Waals surface area contributed by atoms with Crippen molar-refractivity contribution in [3.63, 3.8) is 0 Å². The Morgan fingerprint density at radius 1 is 1.42 bits per heavy atom. The predicted molar refractivity (Wildman–Crippen MR) is 76.3 cm³/mol. The minimum Gasteiger partial charge on any atom is -0.489 e. The molecule has 1 unspecified atom stereocenters. The van der Waals surface area contributed by atoms with E-state index in [0.29, 0.717) is 26.2 Å². The molecule has 0 spiro atoms. The lowest BCUT2D eigenvalue weighted by Crippen LogP contribution is -2.23. The molecule has 0 radical (unpaired) electrons. The molecule has 0 fully saturated rings. The van der Waals surface area contributed by atoms with Gasteiger partial charge in [0.15, 0.2) is 0 Å². The summed E-state index contributed by atoms with van der Waals surface area (Å²) < 4.78 is 10.5. The summed E-state index contributed by atoms with van der Waals surface area (Å²) in [7, 11) is 1.59. The van der Waals surface area contributed by atoms with Gasteiger partial charge in [0.05, 0.1) is 12.7 Å². The average molecular weight is 265 g/mol. The normalized spacial score (nSPS) is 12.1. The van der Waals surface area contributed by atoms with Crippen LogP contribution >= 0.6 is 0 Å². The lowest BCUT2D eigenvalue weighted by atomic mass is 10.2. The first-order valence-electron chi connectivity index (χ1n) is 6.47. The minimum atomic E-state index is -0.412. The molecule has 1 rings (SSSR count). The summed E-state index contributed by atoms with van der Waals surface area (Å²) in [4.78, 5) is 0. The van der Waals surface area contributed by atoms with E-state index >= 15 is 0 Å². The van der Waals surface area contributed by atoms with Crippen LogP contribution in [0.5, 0.6) is 5.75 Å². The molecule has 0 aliphatic carbocycles. The average Bonchev–Trinajstić information content (AvgIpc) is 2.42. The maximum Gasteiger partial charge on any atom is 0.124 e. The highest BCUT2D eigenvalue weighted by molar-refractivity contribution is 5.33. The second-order valence-corrected chi connectivity index (χ2v) is 4.28. The Kier molecular flexibility index (Phi) is 7.89. The number of hydrogen-bond donors (Lipinski definition) is 2. The Morgan fingerprint density at radius 2 is 2.21 bits per heavy atom. The molecule has 0 aromatic heterocycles. The number of para-hydroxylation sites is 1. The molecular weight excluding hydrogens is 242 g/mol. The number of ether oxygens (including phenoxy) is 2. The summed E-state index contributed by atoms with van der Waals surface area (Å²) in [6.45, 7) is 5.97. The standard InChI is InChI=1S/C15H23NO3/c1-3-10-19-15-7-5-4-6-13(15)11-16-9-8-14(17)12-18-2/h3-7,14,16-17H,1,8-12H2,2H3. The van der Waals surface area contributed by atoms with E-state index in [4.69, 9.17) is 9.47 Å². The van der Waals surface area contributed by atoms with Gasteiger partial charge in [0, 0.05) is 19.2 Å². The van der Waals surface area contributed by atoms with Crippen LogP contribution in [0.15, 0.2) is 36.9 Å². The lowest BCUT2D eigenvalue weighted by molar-refractivity contribution is 0.0594. The van der Waals surface area contributed by atoms with Gasteiger partial charge in [-0.1, -0.05) is 30.9 Å². The first-order chi connectivity index (χ1) is 9.27. The van der Waals surface area contributed by atoms with Crippen LogP contribution in [0, 0.1) is 0 Å². The summed E-state index contributed by atoms with van der Waals surface area (Å²) in [6, 6.07) is 7.90. The summed E-state index contributed by atoms with van der Waals surface area (Å²) in [5, 5.41) is 12.8. The van der Waals surface area contributed by atoms with E-state index in [1.165, 1.54) is 0 Å². The fourth-order valence-electron chi connectivity index (χ4n) is 1.71. The van der Waals surface area contributed by atoms with E-state index in [0.717, 1.165) is 17.9 Å². The van der Waals surface area contributed by atoms with Crippen molar-refractivity contribution in [2.24, 2.45) is 0 Å². The van der Waals surface area contributed by atoms with Gasteiger partial charge >= 0.3 is 0 Å². The molecule has 1 aromatic carbocycles. The van der Waals surface area contributed by atoms with Gasteiger partial charge in [-0.25, -0.2) is 0 Å². The second-order valence-electron chi connectivity index (χ2n) is 4.28. The number of benzene rings is 1. The molecule has 4 heteroatoms. The first kappa shape index (κ1) is 15.7. The van der Waals surface area contributed by atoms with Crippen LogP contribution in [0.25, 0.3) is 0 Å². The number of rotatable bonds is 10. The molecule has 0 bridgehead atoms. The molecule has 0 saturated carbocycles. The van der Waals surface area contributed by atoms with Crippen LogP contribution in [0.4, 0.5) is 0 Å². The first-order valence-corrected chi connectivity index (χ1v) is 6.47. The second kappa shape index (κ2) is 9.55. The quantitative estimate of drug-likeness (QED) is 0.500. The van der Waals surface area contributed by atoms with E-state index in [2.05, 4.69) is 11.9 Å². The Hall–Kier alpha value is -1.36.